The summed E-state index contributed by atoms with van der Waals surface area (Å²) in [4.78, 5) is 11.3. The minimum atomic E-state index is -0.956. The second-order valence-corrected chi connectivity index (χ2v) is 4.34. The molecule has 1 unspecified atom stereocenters. The molecule has 0 aliphatic rings. The number of Topliss-reactive ketones (excluding diaryl/α,β-unsaturated/α-hetero) is 1. The number of hydrogen-bond acceptors (Lipinski definition) is 3. The molecule has 0 spiro atoms. The molecule has 4 heteroatoms. The van der Waals surface area contributed by atoms with Gasteiger partial charge in [-0.15, -0.1) is 0 Å². The van der Waals surface area contributed by atoms with E-state index in [0.29, 0.717) is 12.2 Å². The maximum Gasteiger partial charge on any atom is 0.163 e. The lowest BCUT2D eigenvalue weighted by Gasteiger charge is -2.22. The monoisotopic (exact) mass is 240 g/mol. The summed E-state index contributed by atoms with van der Waals surface area (Å²) in [7, 11) is 0. The van der Waals surface area contributed by atoms with Crippen molar-refractivity contribution in [2.45, 2.75) is 32.8 Å². The van der Waals surface area contributed by atoms with Crippen LogP contribution in [0.4, 0.5) is 4.39 Å². The number of rotatable bonds is 5. The summed E-state index contributed by atoms with van der Waals surface area (Å²) >= 11 is 0. The highest BCUT2D eigenvalue weighted by Gasteiger charge is 2.20. The Hall–Kier alpha value is -1.42. The average Bonchev–Trinajstić information content (AvgIpc) is 2.27. The van der Waals surface area contributed by atoms with Crippen molar-refractivity contribution in [3.8, 4) is 5.75 Å². The van der Waals surface area contributed by atoms with Crippen molar-refractivity contribution in [1.29, 1.82) is 0 Å². The van der Waals surface area contributed by atoms with Gasteiger partial charge in [0, 0.05) is 0 Å². The Morgan fingerprint density at radius 3 is 2.71 bits per heavy atom. The van der Waals surface area contributed by atoms with E-state index in [1.807, 2.05) is 6.92 Å². The van der Waals surface area contributed by atoms with Gasteiger partial charge in [0.25, 0.3) is 0 Å². The van der Waals surface area contributed by atoms with Gasteiger partial charge < -0.3 is 9.84 Å². The van der Waals surface area contributed by atoms with E-state index in [1.54, 1.807) is 6.92 Å². The number of hydrogen-bond donors (Lipinski definition) is 1. The van der Waals surface area contributed by atoms with Crippen molar-refractivity contribution < 1.29 is 19.0 Å². The summed E-state index contributed by atoms with van der Waals surface area (Å²) in [6.45, 7) is 4.89. The number of halogens is 1. The fourth-order valence-corrected chi connectivity index (χ4v) is 1.24. The van der Waals surface area contributed by atoms with Crippen LogP contribution in [0.5, 0.6) is 5.75 Å². The van der Waals surface area contributed by atoms with Crippen molar-refractivity contribution in [3.63, 3.8) is 0 Å². The van der Waals surface area contributed by atoms with Gasteiger partial charge in [0.2, 0.25) is 0 Å². The van der Waals surface area contributed by atoms with E-state index in [0.717, 1.165) is 6.07 Å². The van der Waals surface area contributed by atoms with E-state index < -0.39 is 11.4 Å². The lowest BCUT2D eigenvalue weighted by molar-refractivity contribution is 0.00817. The average molecular weight is 240 g/mol. The van der Waals surface area contributed by atoms with Gasteiger partial charge in [-0.05, 0) is 38.5 Å². The Morgan fingerprint density at radius 1 is 1.53 bits per heavy atom. The molecule has 1 aromatic carbocycles. The Kier molecular flexibility index (Phi) is 4.23. The molecule has 0 radical (unpaired) electrons. The van der Waals surface area contributed by atoms with Crippen LogP contribution in [-0.4, -0.2) is 23.1 Å². The molecule has 94 valence electrons. The highest BCUT2D eigenvalue weighted by Crippen LogP contribution is 2.22. The predicted molar refractivity (Wildman–Crippen MR) is 62.8 cm³/mol. The number of aliphatic hydroxyl groups is 1. The fourth-order valence-electron chi connectivity index (χ4n) is 1.24. The molecule has 17 heavy (non-hydrogen) atoms. The lowest BCUT2D eigenvalue weighted by atomic mass is 10.1. The van der Waals surface area contributed by atoms with Crippen LogP contribution in [-0.2, 0) is 0 Å². The van der Waals surface area contributed by atoms with Crippen LogP contribution in [0.15, 0.2) is 18.2 Å². The van der Waals surface area contributed by atoms with Gasteiger partial charge in [-0.2, -0.15) is 0 Å². The highest BCUT2D eigenvalue weighted by atomic mass is 19.1. The van der Waals surface area contributed by atoms with Gasteiger partial charge in [-0.1, -0.05) is 6.92 Å². The summed E-state index contributed by atoms with van der Waals surface area (Å²) in [5, 5.41) is 9.78. The standard InChI is InChI=1S/C13H17FO3/c1-4-13(3,16)8-17-12-6-5-10(14)7-11(12)9(2)15/h5-7,16H,4,8H2,1-3H3. The van der Waals surface area contributed by atoms with Crippen molar-refractivity contribution >= 4 is 5.78 Å². The normalized spacial score (nSPS) is 14.2. The summed E-state index contributed by atoms with van der Waals surface area (Å²) in [5.41, 5.74) is -0.764. The summed E-state index contributed by atoms with van der Waals surface area (Å²) in [5.74, 6) is -0.451. The van der Waals surface area contributed by atoms with Gasteiger partial charge in [-0.3, -0.25) is 4.79 Å². The van der Waals surface area contributed by atoms with E-state index in [2.05, 4.69) is 0 Å². The molecule has 0 saturated carbocycles. The number of carbonyl (C=O) groups is 1. The highest BCUT2D eigenvalue weighted by molar-refractivity contribution is 5.96. The Bertz CT molecular complexity index is 413. The molecule has 3 nitrogen and oxygen atoms in total. The third kappa shape index (κ3) is 3.82. The zero-order valence-corrected chi connectivity index (χ0v) is 10.3. The zero-order chi connectivity index (χ0) is 13.1. The van der Waals surface area contributed by atoms with Gasteiger partial charge in [0.05, 0.1) is 11.2 Å². The topological polar surface area (TPSA) is 46.5 Å². The zero-order valence-electron chi connectivity index (χ0n) is 10.3. The maximum absolute atomic E-state index is 13.0. The number of benzene rings is 1. The molecule has 0 bridgehead atoms. The molecule has 1 N–H and O–H groups in total. The molecule has 1 aromatic rings. The molecular formula is C13H17FO3. The molecule has 0 aliphatic carbocycles. The van der Waals surface area contributed by atoms with Crippen LogP contribution in [0.25, 0.3) is 0 Å². The van der Waals surface area contributed by atoms with Crippen molar-refractivity contribution in [2.75, 3.05) is 6.61 Å². The maximum atomic E-state index is 13.0. The van der Waals surface area contributed by atoms with Gasteiger partial charge >= 0.3 is 0 Å². The SMILES string of the molecule is CCC(C)(O)COc1ccc(F)cc1C(C)=O. The third-order valence-electron chi connectivity index (χ3n) is 2.62. The Morgan fingerprint density at radius 2 is 2.18 bits per heavy atom. The Labute approximate surface area is 100 Å². The second kappa shape index (κ2) is 5.27. The van der Waals surface area contributed by atoms with E-state index >= 15 is 0 Å². The van der Waals surface area contributed by atoms with Crippen LogP contribution in [0.1, 0.15) is 37.6 Å². The van der Waals surface area contributed by atoms with Crippen molar-refractivity contribution in [2.24, 2.45) is 0 Å². The molecule has 0 heterocycles. The second-order valence-electron chi connectivity index (χ2n) is 4.34. The smallest absolute Gasteiger partial charge is 0.163 e. The van der Waals surface area contributed by atoms with Crippen LogP contribution >= 0.6 is 0 Å². The van der Waals surface area contributed by atoms with Gasteiger partial charge in [0.15, 0.2) is 5.78 Å². The van der Waals surface area contributed by atoms with Crippen LogP contribution < -0.4 is 4.74 Å². The first-order valence-corrected chi connectivity index (χ1v) is 5.51. The molecule has 0 saturated heterocycles. The Balaban J connectivity index is 2.88. The molecule has 0 fully saturated rings. The summed E-state index contributed by atoms with van der Waals surface area (Å²) in [6, 6.07) is 3.76. The molecule has 0 amide bonds. The number of ketones is 1. The van der Waals surface area contributed by atoms with Crippen LogP contribution in [0.2, 0.25) is 0 Å². The van der Waals surface area contributed by atoms with Gasteiger partial charge in [0.1, 0.15) is 18.2 Å². The quantitative estimate of drug-likeness (QED) is 0.804. The molecule has 0 aromatic heterocycles. The largest absolute Gasteiger partial charge is 0.490 e. The summed E-state index contributed by atoms with van der Waals surface area (Å²) < 4.78 is 18.4. The van der Waals surface area contributed by atoms with E-state index in [-0.39, 0.29) is 18.0 Å². The third-order valence-corrected chi connectivity index (χ3v) is 2.62. The van der Waals surface area contributed by atoms with E-state index in [9.17, 15) is 14.3 Å². The minimum absolute atomic E-state index is 0.0649. The van der Waals surface area contributed by atoms with Crippen LogP contribution in [0, 0.1) is 5.82 Å². The van der Waals surface area contributed by atoms with E-state index in [4.69, 9.17) is 4.74 Å². The summed E-state index contributed by atoms with van der Waals surface area (Å²) in [6.07, 6.45) is 0.531. The van der Waals surface area contributed by atoms with Crippen molar-refractivity contribution in [1.82, 2.24) is 0 Å². The van der Waals surface area contributed by atoms with Crippen molar-refractivity contribution in [3.05, 3.63) is 29.6 Å². The van der Waals surface area contributed by atoms with Gasteiger partial charge in [-0.25, -0.2) is 4.39 Å². The first-order valence-electron chi connectivity index (χ1n) is 5.51. The van der Waals surface area contributed by atoms with E-state index in [1.165, 1.54) is 19.1 Å². The predicted octanol–water partition coefficient (Wildman–Crippen LogP) is 2.57. The first-order chi connectivity index (χ1) is 7.85. The lowest BCUT2D eigenvalue weighted by Crippen LogP contribution is -2.31. The molecule has 0 aliphatic heterocycles. The molecule has 1 atom stereocenters. The fraction of sp³-hybridized carbons (Fsp3) is 0.462. The molecule has 1 rings (SSSR count). The molecular weight excluding hydrogens is 223 g/mol. The van der Waals surface area contributed by atoms with Crippen LogP contribution in [0.3, 0.4) is 0 Å². The minimum Gasteiger partial charge on any atom is -0.490 e. The number of carbonyl (C=O) groups excluding carboxylic acids is 1. The first kappa shape index (κ1) is 13.6. The number of ether oxygens (including phenoxy) is 1.